The number of rotatable bonds is 5. The maximum absolute atomic E-state index is 13.9. The van der Waals surface area contributed by atoms with Gasteiger partial charge in [-0.25, -0.2) is 8.42 Å². The molecule has 0 fully saturated rings. The van der Waals surface area contributed by atoms with Gasteiger partial charge in [-0.1, -0.05) is 90.5 Å². The number of benzene rings is 4. The molecule has 4 nitrogen and oxygen atoms in total. The lowest BCUT2D eigenvalue weighted by Crippen LogP contribution is -2.44. The van der Waals surface area contributed by atoms with Crippen LogP contribution in [0.25, 0.3) is 0 Å². The second-order valence-electron chi connectivity index (χ2n) is 7.88. The van der Waals surface area contributed by atoms with Crippen LogP contribution in [0.5, 0.6) is 0 Å². The molecule has 2 atom stereocenters. The van der Waals surface area contributed by atoms with Crippen molar-refractivity contribution >= 4 is 33.1 Å². The molecule has 164 valence electrons. The van der Waals surface area contributed by atoms with Crippen LogP contribution in [0.4, 0.5) is 5.69 Å². The van der Waals surface area contributed by atoms with Crippen LogP contribution in [0.1, 0.15) is 27.4 Å². The van der Waals surface area contributed by atoms with E-state index in [4.69, 9.17) is 11.6 Å². The Balaban J connectivity index is 1.78. The van der Waals surface area contributed by atoms with Gasteiger partial charge in [-0.05, 0) is 41.5 Å². The lowest BCUT2D eigenvalue weighted by molar-refractivity contribution is 0.0960. The van der Waals surface area contributed by atoms with Crippen LogP contribution in [0.3, 0.4) is 0 Å². The predicted molar refractivity (Wildman–Crippen MR) is 130 cm³/mol. The average Bonchev–Trinajstić information content (AvgIpc) is 3.20. The van der Waals surface area contributed by atoms with E-state index in [-0.39, 0.29) is 10.7 Å². The zero-order valence-electron chi connectivity index (χ0n) is 17.5. The summed E-state index contributed by atoms with van der Waals surface area (Å²) in [5, 5.41) is 0.486. The molecule has 0 N–H and O–H groups in total. The van der Waals surface area contributed by atoms with Crippen molar-refractivity contribution in [2.45, 2.75) is 16.9 Å². The molecule has 1 aliphatic rings. The number of anilines is 1. The highest BCUT2D eigenvalue weighted by Crippen LogP contribution is 2.49. The Morgan fingerprint density at radius 3 is 1.97 bits per heavy atom. The summed E-state index contributed by atoms with van der Waals surface area (Å²) in [4.78, 5) is 14.1. The zero-order chi connectivity index (χ0) is 23.0. The van der Waals surface area contributed by atoms with Gasteiger partial charge >= 0.3 is 0 Å². The second-order valence-corrected chi connectivity index (χ2v) is 10.1. The first-order chi connectivity index (χ1) is 16.0. The van der Waals surface area contributed by atoms with Gasteiger partial charge in [-0.2, -0.15) is 0 Å². The average molecular weight is 474 g/mol. The van der Waals surface area contributed by atoms with E-state index < -0.39 is 22.0 Å². The van der Waals surface area contributed by atoms with Crippen molar-refractivity contribution in [2.75, 3.05) is 4.31 Å². The topological polar surface area (TPSA) is 54.5 Å². The van der Waals surface area contributed by atoms with Crippen molar-refractivity contribution in [3.8, 4) is 0 Å². The Kier molecular flexibility index (Phi) is 5.52. The normalized spacial score (nSPS) is 17.5. The predicted octanol–water partition coefficient (Wildman–Crippen LogP) is 5.93. The van der Waals surface area contributed by atoms with Crippen LogP contribution in [0.2, 0.25) is 5.02 Å². The van der Waals surface area contributed by atoms with Crippen molar-refractivity contribution in [1.82, 2.24) is 0 Å². The minimum Gasteiger partial charge on any atom is -0.292 e. The molecule has 0 bridgehead atoms. The summed E-state index contributed by atoms with van der Waals surface area (Å²) in [7, 11) is -4.04. The first-order valence-electron chi connectivity index (χ1n) is 10.5. The SMILES string of the molecule is O=C(c1ccccc1)[C@@H]1[C@@H](c2ccccc2)c2cc(Cl)ccc2N1S(=O)(=O)c1ccccc1. The molecule has 0 saturated carbocycles. The van der Waals surface area contributed by atoms with Crippen molar-refractivity contribution in [3.63, 3.8) is 0 Å². The second kappa shape index (κ2) is 8.50. The van der Waals surface area contributed by atoms with Gasteiger partial charge in [-0.3, -0.25) is 9.10 Å². The summed E-state index contributed by atoms with van der Waals surface area (Å²) < 4.78 is 29.2. The standard InChI is InChI=1S/C27H20ClNO3S/c28-21-16-17-24-23(18-21)25(19-10-4-1-5-11-19)26(27(30)20-12-6-2-7-13-20)29(24)33(31,32)22-14-8-3-9-15-22/h1-18,25-26H/t25-,26-/m0/s1. The van der Waals surface area contributed by atoms with Crippen molar-refractivity contribution in [3.05, 3.63) is 131 Å². The highest BCUT2D eigenvalue weighted by atomic mass is 35.5. The minimum absolute atomic E-state index is 0.130. The first kappa shape index (κ1) is 21.4. The van der Waals surface area contributed by atoms with Crippen LogP contribution in [-0.2, 0) is 10.0 Å². The number of ketones is 1. The van der Waals surface area contributed by atoms with Gasteiger partial charge in [0.15, 0.2) is 5.78 Å². The monoisotopic (exact) mass is 473 g/mol. The zero-order valence-corrected chi connectivity index (χ0v) is 19.1. The van der Waals surface area contributed by atoms with E-state index in [0.717, 1.165) is 5.56 Å². The fourth-order valence-corrected chi connectivity index (χ4v) is 6.32. The first-order valence-corrected chi connectivity index (χ1v) is 12.3. The molecule has 0 amide bonds. The Hall–Kier alpha value is -3.41. The summed E-state index contributed by atoms with van der Waals surface area (Å²) in [6.45, 7) is 0. The van der Waals surface area contributed by atoms with E-state index in [0.29, 0.717) is 21.8 Å². The molecular formula is C27H20ClNO3S. The molecule has 0 aliphatic carbocycles. The number of carbonyl (C=O) groups excluding carboxylic acids is 1. The molecule has 33 heavy (non-hydrogen) atoms. The molecule has 0 spiro atoms. The quantitative estimate of drug-likeness (QED) is 0.337. The van der Waals surface area contributed by atoms with Crippen molar-refractivity contribution in [2.24, 2.45) is 0 Å². The fraction of sp³-hybridized carbons (Fsp3) is 0.0741. The van der Waals surface area contributed by atoms with Crippen molar-refractivity contribution < 1.29 is 13.2 Å². The van der Waals surface area contributed by atoms with Crippen LogP contribution in [0, 0.1) is 0 Å². The van der Waals surface area contributed by atoms with Crippen molar-refractivity contribution in [1.29, 1.82) is 0 Å². The Labute approximate surface area is 198 Å². The van der Waals surface area contributed by atoms with Gasteiger partial charge in [0.1, 0.15) is 6.04 Å². The van der Waals surface area contributed by atoms with Gasteiger partial charge in [-0.15, -0.1) is 0 Å². The van der Waals surface area contributed by atoms with E-state index in [2.05, 4.69) is 0 Å². The van der Waals surface area contributed by atoms with Gasteiger partial charge in [0.25, 0.3) is 10.0 Å². The molecule has 4 aromatic carbocycles. The number of carbonyl (C=O) groups is 1. The molecule has 0 saturated heterocycles. The summed E-state index contributed by atoms with van der Waals surface area (Å²) in [6, 6.07) is 30.6. The summed E-state index contributed by atoms with van der Waals surface area (Å²) in [6.07, 6.45) is 0. The number of hydrogen-bond donors (Lipinski definition) is 0. The van der Waals surface area contributed by atoms with Gasteiger partial charge < -0.3 is 0 Å². The molecule has 1 heterocycles. The molecule has 5 rings (SSSR count). The third kappa shape index (κ3) is 3.73. The Morgan fingerprint density at radius 2 is 1.33 bits per heavy atom. The summed E-state index contributed by atoms with van der Waals surface area (Å²) in [5.74, 6) is -0.776. The molecule has 6 heteroatoms. The lowest BCUT2D eigenvalue weighted by Gasteiger charge is -2.29. The number of Topliss-reactive ketones (excluding diaryl/α,β-unsaturated/α-hetero) is 1. The Bertz CT molecular complexity index is 1410. The lowest BCUT2D eigenvalue weighted by atomic mass is 9.84. The van der Waals surface area contributed by atoms with Gasteiger partial charge in [0.05, 0.1) is 10.6 Å². The third-order valence-corrected chi connectivity index (χ3v) is 7.96. The molecule has 1 aliphatic heterocycles. The highest BCUT2D eigenvalue weighted by molar-refractivity contribution is 7.93. The molecule has 4 aromatic rings. The number of nitrogens with zero attached hydrogens (tertiary/aromatic N) is 1. The smallest absolute Gasteiger partial charge is 0.265 e. The summed E-state index contributed by atoms with van der Waals surface area (Å²) >= 11 is 6.35. The number of halogens is 1. The van der Waals surface area contributed by atoms with E-state index in [1.165, 1.54) is 4.31 Å². The minimum atomic E-state index is -4.04. The van der Waals surface area contributed by atoms with Crippen LogP contribution in [-0.4, -0.2) is 20.2 Å². The van der Waals surface area contributed by atoms with E-state index in [1.54, 1.807) is 72.8 Å². The number of sulfonamides is 1. The van der Waals surface area contributed by atoms with Crippen LogP contribution < -0.4 is 4.31 Å². The number of fused-ring (bicyclic) bond motifs is 1. The molecular weight excluding hydrogens is 454 g/mol. The van der Waals surface area contributed by atoms with E-state index >= 15 is 0 Å². The third-order valence-electron chi connectivity index (χ3n) is 5.92. The largest absolute Gasteiger partial charge is 0.292 e. The number of hydrogen-bond acceptors (Lipinski definition) is 3. The van der Waals surface area contributed by atoms with Crippen LogP contribution in [0.15, 0.2) is 114 Å². The molecule has 0 aromatic heterocycles. The van der Waals surface area contributed by atoms with Gasteiger partial charge in [0, 0.05) is 16.5 Å². The highest BCUT2D eigenvalue weighted by Gasteiger charge is 2.49. The summed E-state index contributed by atoms with van der Waals surface area (Å²) in [5.41, 5.74) is 2.48. The molecule has 0 unspecified atom stereocenters. The maximum Gasteiger partial charge on any atom is 0.265 e. The molecule has 0 radical (unpaired) electrons. The van der Waals surface area contributed by atoms with E-state index in [1.807, 2.05) is 36.4 Å². The fourth-order valence-electron chi connectivity index (χ4n) is 4.47. The maximum atomic E-state index is 13.9. The van der Waals surface area contributed by atoms with Gasteiger partial charge in [0.2, 0.25) is 0 Å². The van der Waals surface area contributed by atoms with E-state index in [9.17, 15) is 13.2 Å². The van der Waals surface area contributed by atoms with Crippen LogP contribution >= 0.6 is 11.6 Å². The Morgan fingerprint density at radius 1 is 0.758 bits per heavy atom.